The van der Waals surface area contributed by atoms with Crippen molar-refractivity contribution in [1.82, 2.24) is 10.2 Å². The van der Waals surface area contributed by atoms with Crippen LogP contribution in [0.1, 0.15) is 0 Å². The van der Waals surface area contributed by atoms with Crippen molar-refractivity contribution < 1.29 is 4.42 Å². The standard InChI is InChI=1S/C9H8ClN3O/c1-11-9-13-12-8(14-9)6-2-4-7(10)5-3-6/h2-5H,1H3,(H,11,13). The Hall–Kier alpha value is -1.55. The molecule has 72 valence electrons. The van der Waals surface area contributed by atoms with Gasteiger partial charge in [-0.2, -0.15) is 0 Å². The van der Waals surface area contributed by atoms with Crippen molar-refractivity contribution in [2.75, 3.05) is 12.4 Å². The van der Waals surface area contributed by atoms with Gasteiger partial charge in [-0.25, -0.2) is 0 Å². The van der Waals surface area contributed by atoms with Crippen LogP contribution in [0.2, 0.25) is 5.02 Å². The minimum Gasteiger partial charge on any atom is -0.403 e. The van der Waals surface area contributed by atoms with E-state index in [0.717, 1.165) is 5.56 Å². The molecule has 0 bridgehead atoms. The van der Waals surface area contributed by atoms with Crippen LogP contribution in [0.25, 0.3) is 11.5 Å². The maximum absolute atomic E-state index is 5.75. The van der Waals surface area contributed by atoms with E-state index in [1.807, 2.05) is 12.1 Å². The van der Waals surface area contributed by atoms with Crippen molar-refractivity contribution in [1.29, 1.82) is 0 Å². The van der Waals surface area contributed by atoms with E-state index in [9.17, 15) is 0 Å². The van der Waals surface area contributed by atoms with Gasteiger partial charge < -0.3 is 9.73 Å². The van der Waals surface area contributed by atoms with Crippen LogP contribution >= 0.6 is 11.6 Å². The van der Waals surface area contributed by atoms with Gasteiger partial charge in [0.25, 0.3) is 0 Å². The SMILES string of the molecule is CNc1nnc(-c2ccc(Cl)cc2)o1. The Labute approximate surface area is 85.9 Å². The first-order valence-corrected chi connectivity index (χ1v) is 4.44. The molecule has 0 aliphatic rings. The molecule has 0 saturated heterocycles. The third-order valence-corrected chi connectivity index (χ3v) is 1.98. The molecule has 2 rings (SSSR count). The van der Waals surface area contributed by atoms with Crippen LogP contribution in [-0.4, -0.2) is 17.2 Å². The summed E-state index contributed by atoms with van der Waals surface area (Å²) in [5, 5.41) is 11.1. The molecule has 1 heterocycles. The predicted molar refractivity (Wildman–Crippen MR) is 54.3 cm³/mol. The van der Waals surface area contributed by atoms with Crippen molar-refractivity contribution in [2.45, 2.75) is 0 Å². The van der Waals surface area contributed by atoms with E-state index in [4.69, 9.17) is 16.0 Å². The summed E-state index contributed by atoms with van der Waals surface area (Å²) in [7, 11) is 1.72. The minimum atomic E-state index is 0.398. The average molecular weight is 210 g/mol. The highest BCUT2D eigenvalue weighted by molar-refractivity contribution is 6.30. The second-order valence-corrected chi connectivity index (χ2v) is 3.11. The Balaban J connectivity index is 2.34. The van der Waals surface area contributed by atoms with E-state index in [1.165, 1.54) is 0 Å². The number of anilines is 1. The number of nitrogens with one attached hydrogen (secondary N) is 1. The Kier molecular flexibility index (Phi) is 2.37. The monoisotopic (exact) mass is 209 g/mol. The molecule has 0 spiro atoms. The number of nitrogens with zero attached hydrogens (tertiary/aromatic N) is 2. The summed E-state index contributed by atoms with van der Waals surface area (Å²) in [5.74, 6) is 0.478. The first-order valence-electron chi connectivity index (χ1n) is 4.07. The average Bonchev–Trinajstić information content (AvgIpc) is 2.67. The summed E-state index contributed by atoms with van der Waals surface area (Å²) in [6, 6.07) is 7.61. The summed E-state index contributed by atoms with van der Waals surface area (Å²) in [4.78, 5) is 0. The fourth-order valence-electron chi connectivity index (χ4n) is 1.03. The molecule has 14 heavy (non-hydrogen) atoms. The molecule has 0 saturated carbocycles. The van der Waals surface area contributed by atoms with Gasteiger partial charge in [-0.1, -0.05) is 16.7 Å². The lowest BCUT2D eigenvalue weighted by molar-refractivity contribution is 0.585. The third-order valence-electron chi connectivity index (χ3n) is 1.73. The highest BCUT2D eigenvalue weighted by Gasteiger charge is 2.06. The highest BCUT2D eigenvalue weighted by atomic mass is 35.5. The van der Waals surface area contributed by atoms with Gasteiger partial charge in [0.15, 0.2) is 0 Å². The fraction of sp³-hybridized carbons (Fsp3) is 0.111. The summed E-state index contributed by atoms with van der Waals surface area (Å²) in [5.41, 5.74) is 0.850. The fourth-order valence-corrected chi connectivity index (χ4v) is 1.16. The molecular weight excluding hydrogens is 202 g/mol. The third kappa shape index (κ3) is 1.70. The number of halogens is 1. The van der Waals surface area contributed by atoms with Gasteiger partial charge >= 0.3 is 6.01 Å². The van der Waals surface area contributed by atoms with E-state index in [2.05, 4.69) is 15.5 Å². The van der Waals surface area contributed by atoms with Crippen molar-refractivity contribution >= 4 is 17.6 Å². The summed E-state index contributed by atoms with van der Waals surface area (Å²) in [6.07, 6.45) is 0. The van der Waals surface area contributed by atoms with Crippen molar-refractivity contribution in [2.24, 2.45) is 0 Å². The molecule has 2 aromatic rings. The van der Waals surface area contributed by atoms with E-state index < -0.39 is 0 Å². The number of aromatic nitrogens is 2. The van der Waals surface area contributed by atoms with Crippen LogP contribution < -0.4 is 5.32 Å². The molecule has 4 nitrogen and oxygen atoms in total. The zero-order chi connectivity index (χ0) is 9.97. The van der Waals surface area contributed by atoms with E-state index in [-0.39, 0.29) is 0 Å². The van der Waals surface area contributed by atoms with Gasteiger partial charge in [0.05, 0.1) is 0 Å². The van der Waals surface area contributed by atoms with Gasteiger partial charge in [-0.05, 0) is 24.3 Å². The van der Waals surface area contributed by atoms with Crippen LogP contribution in [0.5, 0.6) is 0 Å². The zero-order valence-corrected chi connectivity index (χ0v) is 8.25. The second kappa shape index (κ2) is 3.67. The summed E-state index contributed by atoms with van der Waals surface area (Å²) < 4.78 is 5.28. The van der Waals surface area contributed by atoms with E-state index in [0.29, 0.717) is 16.9 Å². The number of hydrogen-bond donors (Lipinski definition) is 1. The lowest BCUT2D eigenvalue weighted by Crippen LogP contribution is -1.85. The van der Waals surface area contributed by atoms with Crippen molar-refractivity contribution in [3.05, 3.63) is 29.3 Å². The van der Waals surface area contributed by atoms with Gasteiger partial charge in [-0.3, -0.25) is 0 Å². The molecule has 5 heteroatoms. The topological polar surface area (TPSA) is 51.0 Å². The first-order chi connectivity index (χ1) is 6.79. The van der Waals surface area contributed by atoms with Crippen LogP contribution in [-0.2, 0) is 0 Å². The molecule has 0 amide bonds. The highest BCUT2D eigenvalue weighted by Crippen LogP contribution is 2.21. The molecular formula is C9H8ClN3O. The Morgan fingerprint density at radius 1 is 1.21 bits per heavy atom. The largest absolute Gasteiger partial charge is 0.403 e. The van der Waals surface area contributed by atoms with Gasteiger partial charge in [0, 0.05) is 17.6 Å². The molecule has 1 aromatic carbocycles. The van der Waals surface area contributed by atoms with Gasteiger partial charge in [0.1, 0.15) is 0 Å². The molecule has 0 unspecified atom stereocenters. The quantitative estimate of drug-likeness (QED) is 0.826. The Bertz CT molecular complexity index is 424. The summed E-state index contributed by atoms with van der Waals surface area (Å²) >= 11 is 5.75. The Morgan fingerprint density at radius 2 is 1.93 bits per heavy atom. The zero-order valence-electron chi connectivity index (χ0n) is 7.49. The maximum Gasteiger partial charge on any atom is 0.315 e. The molecule has 0 atom stereocenters. The first kappa shape index (κ1) is 9.02. The van der Waals surface area contributed by atoms with Crippen molar-refractivity contribution in [3.8, 4) is 11.5 Å². The molecule has 0 aliphatic heterocycles. The Morgan fingerprint density at radius 3 is 2.50 bits per heavy atom. The van der Waals surface area contributed by atoms with Crippen molar-refractivity contribution in [3.63, 3.8) is 0 Å². The van der Waals surface area contributed by atoms with Crippen LogP contribution in [0.4, 0.5) is 6.01 Å². The van der Waals surface area contributed by atoms with E-state index in [1.54, 1.807) is 19.2 Å². The smallest absolute Gasteiger partial charge is 0.315 e. The molecule has 0 radical (unpaired) electrons. The van der Waals surface area contributed by atoms with Crippen LogP contribution in [0.15, 0.2) is 28.7 Å². The van der Waals surface area contributed by atoms with Gasteiger partial charge in [0.2, 0.25) is 5.89 Å². The molecule has 0 fully saturated rings. The lowest BCUT2D eigenvalue weighted by atomic mass is 10.2. The van der Waals surface area contributed by atoms with Gasteiger partial charge in [-0.15, -0.1) is 5.10 Å². The number of hydrogen-bond acceptors (Lipinski definition) is 4. The number of rotatable bonds is 2. The molecule has 1 aromatic heterocycles. The normalized spacial score (nSPS) is 10.1. The second-order valence-electron chi connectivity index (χ2n) is 2.67. The van der Waals surface area contributed by atoms with E-state index >= 15 is 0 Å². The molecule has 0 aliphatic carbocycles. The molecule has 1 N–H and O–H groups in total. The van der Waals surface area contributed by atoms with Crippen LogP contribution in [0.3, 0.4) is 0 Å². The lowest BCUT2D eigenvalue weighted by Gasteiger charge is -1.93. The maximum atomic E-state index is 5.75. The van der Waals surface area contributed by atoms with Crippen LogP contribution in [0, 0.1) is 0 Å². The minimum absolute atomic E-state index is 0.398. The number of benzene rings is 1. The predicted octanol–water partition coefficient (Wildman–Crippen LogP) is 2.43. The summed E-state index contributed by atoms with van der Waals surface area (Å²) in [6.45, 7) is 0.